The normalized spacial score (nSPS) is 11.6. The van der Waals surface area contributed by atoms with Gasteiger partial charge in [-0.15, -0.1) is 10.2 Å². The van der Waals surface area contributed by atoms with Crippen LogP contribution >= 0.6 is 11.3 Å². The van der Waals surface area contributed by atoms with Gasteiger partial charge in [-0.1, -0.05) is 17.4 Å². The molecule has 3 N–H and O–H groups in total. The third-order valence-electron chi connectivity index (χ3n) is 3.29. The first-order valence-corrected chi connectivity index (χ1v) is 8.56. The molecule has 3 aromatic heterocycles. The fourth-order valence-electron chi connectivity index (χ4n) is 2.00. The monoisotopic (exact) mass is 372 g/mol. The van der Waals surface area contributed by atoms with Gasteiger partial charge in [-0.2, -0.15) is 0 Å². The van der Waals surface area contributed by atoms with Crippen molar-refractivity contribution >= 4 is 28.4 Å². The number of hydrogen-bond acceptors (Lipinski definition) is 7. The standard InChI is InChI=1S/C16H16N6O3S/c1-10(13(23)18-9-11-5-4-8-25-11)19-15(24)20-16-22-21-14(26-16)12-6-2-3-7-17-12/h2-8,10H,9H2,1H3,(H,18,23)(H2,19,20,22,24). The van der Waals surface area contributed by atoms with Crippen molar-refractivity contribution < 1.29 is 14.0 Å². The van der Waals surface area contributed by atoms with Crippen LogP contribution in [0.25, 0.3) is 10.7 Å². The summed E-state index contributed by atoms with van der Waals surface area (Å²) in [5.41, 5.74) is 0.670. The van der Waals surface area contributed by atoms with Gasteiger partial charge in [0, 0.05) is 6.20 Å². The lowest BCUT2D eigenvalue weighted by Gasteiger charge is -2.13. The van der Waals surface area contributed by atoms with Gasteiger partial charge in [-0.3, -0.25) is 15.1 Å². The molecular weight excluding hydrogens is 356 g/mol. The molecule has 3 rings (SSSR count). The lowest BCUT2D eigenvalue weighted by Crippen LogP contribution is -2.46. The van der Waals surface area contributed by atoms with Crippen LogP contribution in [0, 0.1) is 0 Å². The van der Waals surface area contributed by atoms with Gasteiger partial charge >= 0.3 is 6.03 Å². The Bertz CT molecular complexity index is 865. The van der Waals surface area contributed by atoms with Crippen molar-refractivity contribution in [2.24, 2.45) is 0 Å². The fraction of sp³-hybridized carbons (Fsp3) is 0.188. The molecule has 1 unspecified atom stereocenters. The molecule has 134 valence electrons. The Balaban J connectivity index is 1.49. The molecule has 9 nitrogen and oxygen atoms in total. The number of amides is 3. The predicted molar refractivity (Wildman–Crippen MR) is 95.3 cm³/mol. The number of urea groups is 1. The van der Waals surface area contributed by atoms with E-state index in [9.17, 15) is 9.59 Å². The average Bonchev–Trinajstić information content (AvgIpc) is 3.32. The van der Waals surface area contributed by atoms with Crippen LogP contribution in [0.3, 0.4) is 0 Å². The number of rotatable bonds is 6. The smallest absolute Gasteiger partial charge is 0.321 e. The fourth-order valence-corrected chi connectivity index (χ4v) is 2.72. The van der Waals surface area contributed by atoms with Gasteiger partial charge in [0.05, 0.1) is 12.8 Å². The summed E-state index contributed by atoms with van der Waals surface area (Å²) >= 11 is 1.19. The first-order valence-electron chi connectivity index (χ1n) is 7.74. The largest absolute Gasteiger partial charge is 0.467 e. The van der Waals surface area contributed by atoms with Gasteiger partial charge in [0.1, 0.15) is 17.5 Å². The number of hydrogen-bond donors (Lipinski definition) is 3. The Hall–Kier alpha value is -3.27. The summed E-state index contributed by atoms with van der Waals surface area (Å²) in [6, 6.07) is 7.65. The molecule has 0 spiro atoms. The third-order valence-corrected chi connectivity index (χ3v) is 4.15. The minimum absolute atomic E-state index is 0.253. The van der Waals surface area contributed by atoms with Crippen molar-refractivity contribution in [3.05, 3.63) is 48.6 Å². The van der Waals surface area contributed by atoms with Crippen LogP contribution in [0.4, 0.5) is 9.93 Å². The molecule has 0 saturated carbocycles. The highest BCUT2D eigenvalue weighted by atomic mass is 32.1. The van der Waals surface area contributed by atoms with Crippen molar-refractivity contribution in [1.29, 1.82) is 0 Å². The lowest BCUT2D eigenvalue weighted by molar-refractivity contribution is -0.122. The molecule has 0 radical (unpaired) electrons. The summed E-state index contributed by atoms with van der Waals surface area (Å²) in [5, 5.41) is 16.5. The first-order chi connectivity index (χ1) is 12.6. The van der Waals surface area contributed by atoms with Gasteiger partial charge in [0.15, 0.2) is 5.01 Å². The van der Waals surface area contributed by atoms with Crippen LogP contribution in [0.5, 0.6) is 0 Å². The molecule has 3 heterocycles. The van der Waals surface area contributed by atoms with E-state index in [1.54, 1.807) is 37.4 Å². The van der Waals surface area contributed by atoms with Crippen molar-refractivity contribution in [2.45, 2.75) is 19.5 Å². The first kappa shape index (κ1) is 17.5. The number of nitrogens with zero attached hydrogens (tertiary/aromatic N) is 3. The van der Waals surface area contributed by atoms with Crippen molar-refractivity contribution in [1.82, 2.24) is 25.8 Å². The van der Waals surface area contributed by atoms with Gasteiger partial charge in [-0.05, 0) is 31.2 Å². The number of carbonyl (C=O) groups excluding carboxylic acids is 2. The zero-order valence-electron chi connectivity index (χ0n) is 13.8. The van der Waals surface area contributed by atoms with E-state index in [4.69, 9.17) is 4.42 Å². The Labute approximate surface area is 152 Å². The highest BCUT2D eigenvalue weighted by Gasteiger charge is 2.17. The zero-order valence-corrected chi connectivity index (χ0v) is 14.6. The van der Waals surface area contributed by atoms with Crippen LogP contribution in [-0.2, 0) is 11.3 Å². The van der Waals surface area contributed by atoms with Gasteiger partial charge in [0.2, 0.25) is 11.0 Å². The molecule has 1 atom stereocenters. The average molecular weight is 372 g/mol. The van der Waals surface area contributed by atoms with Crippen LogP contribution in [0.1, 0.15) is 12.7 Å². The predicted octanol–water partition coefficient (Wildman–Crippen LogP) is 2.02. The van der Waals surface area contributed by atoms with Gasteiger partial charge in [0.25, 0.3) is 0 Å². The Morgan fingerprint density at radius 3 is 2.85 bits per heavy atom. The molecule has 0 aliphatic carbocycles. The van der Waals surface area contributed by atoms with Crippen molar-refractivity contribution in [2.75, 3.05) is 5.32 Å². The number of furan rings is 1. The minimum atomic E-state index is -0.729. The Kier molecular flexibility index (Phi) is 5.54. The number of nitrogens with one attached hydrogen (secondary N) is 3. The van der Waals surface area contributed by atoms with Crippen LogP contribution in [-0.4, -0.2) is 33.2 Å². The molecular formula is C16H16N6O3S. The highest BCUT2D eigenvalue weighted by molar-refractivity contribution is 7.18. The molecule has 0 aliphatic rings. The summed E-state index contributed by atoms with van der Waals surface area (Å²) in [7, 11) is 0. The SMILES string of the molecule is CC(NC(=O)Nc1nnc(-c2ccccn2)s1)C(=O)NCc1ccco1. The number of anilines is 1. The van der Waals surface area contributed by atoms with Crippen molar-refractivity contribution in [3.63, 3.8) is 0 Å². The van der Waals surface area contributed by atoms with E-state index in [0.717, 1.165) is 0 Å². The molecule has 3 amide bonds. The molecule has 0 saturated heterocycles. The number of aromatic nitrogens is 3. The molecule has 0 aliphatic heterocycles. The Morgan fingerprint density at radius 1 is 1.23 bits per heavy atom. The molecule has 10 heteroatoms. The number of pyridine rings is 1. The van der Waals surface area contributed by atoms with E-state index >= 15 is 0 Å². The van der Waals surface area contributed by atoms with Crippen LogP contribution < -0.4 is 16.0 Å². The van der Waals surface area contributed by atoms with Crippen LogP contribution in [0.15, 0.2) is 47.2 Å². The molecule has 26 heavy (non-hydrogen) atoms. The quantitative estimate of drug-likeness (QED) is 0.608. The summed E-state index contributed by atoms with van der Waals surface area (Å²) in [6.07, 6.45) is 3.18. The maximum absolute atomic E-state index is 12.0. The van der Waals surface area contributed by atoms with E-state index in [1.165, 1.54) is 17.6 Å². The van der Waals surface area contributed by atoms with E-state index in [-0.39, 0.29) is 12.5 Å². The minimum Gasteiger partial charge on any atom is -0.467 e. The molecule has 0 fully saturated rings. The number of carbonyl (C=O) groups is 2. The second-order valence-corrected chi connectivity index (χ2v) is 6.22. The third kappa shape index (κ3) is 4.63. The highest BCUT2D eigenvalue weighted by Crippen LogP contribution is 2.24. The van der Waals surface area contributed by atoms with E-state index in [1.807, 2.05) is 6.07 Å². The summed E-state index contributed by atoms with van der Waals surface area (Å²) in [4.78, 5) is 28.2. The maximum atomic E-state index is 12.0. The summed E-state index contributed by atoms with van der Waals surface area (Å²) < 4.78 is 5.13. The van der Waals surface area contributed by atoms with Gasteiger partial charge < -0.3 is 15.1 Å². The summed E-state index contributed by atoms with van der Waals surface area (Å²) in [5.74, 6) is 0.300. The molecule has 3 aromatic rings. The Morgan fingerprint density at radius 2 is 2.12 bits per heavy atom. The van der Waals surface area contributed by atoms with E-state index < -0.39 is 12.1 Å². The topological polar surface area (TPSA) is 122 Å². The second-order valence-electron chi connectivity index (χ2n) is 5.24. The molecule has 0 bridgehead atoms. The van der Waals surface area contributed by atoms with E-state index in [0.29, 0.717) is 21.6 Å². The van der Waals surface area contributed by atoms with E-state index in [2.05, 4.69) is 31.1 Å². The second kappa shape index (κ2) is 8.21. The van der Waals surface area contributed by atoms with Crippen molar-refractivity contribution in [3.8, 4) is 10.7 Å². The zero-order chi connectivity index (χ0) is 18.4. The summed E-state index contributed by atoms with van der Waals surface area (Å²) in [6.45, 7) is 1.83. The van der Waals surface area contributed by atoms with Gasteiger partial charge in [-0.25, -0.2) is 4.79 Å². The maximum Gasteiger partial charge on any atom is 0.321 e. The van der Waals surface area contributed by atoms with Crippen LogP contribution in [0.2, 0.25) is 0 Å². The molecule has 0 aromatic carbocycles. The lowest BCUT2D eigenvalue weighted by atomic mass is 10.3.